The molecule has 0 atom stereocenters. The predicted octanol–water partition coefficient (Wildman–Crippen LogP) is 4.11. The van der Waals surface area contributed by atoms with E-state index in [1.54, 1.807) is 4.68 Å². The van der Waals surface area contributed by atoms with Crippen molar-refractivity contribution in [3.8, 4) is 17.0 Å². The highest BCUT2D eigenvalue weighted by Crippen LogP contribution is 2.30. The Morgan fingerprint density at radius 1 is 1.14 bits per heavy atom. The van der Waals surface area contributed by atoms with Crippen molar-refractivity contribution in [1.29, 1.82) is 0 Å². The van der Waals surface area contributed by atoms with Gasteiger partial charge in [0.15, 0.2) is 0 Å². The third kappa shape index (κ3) is 5.14. The second kappa shape index (κ2) is 10.0. The smallest absolute Gasteiger partial charge is 0.142 e. The summed E-state index contributed by atoms with van der Waals surface area (Å²) in [5.74, 6) is 1.80. The summed E-state index contributed by atoms with van der Waals surface area (Å²) in [4.78, 5) is 11.4. The van der Waals surface area contributed by atoms with Crippen LogP contribution in [0.3, 0.4) is 0 Å². The molecule has 0 radical (unpaired) electrons. The summed E-state index contributed by atoms with van der Waals surface area (Å²) < 4.78 is 10.2. The summed E-state index contributed by atoms with van der Waals surface area (Å²) in [6, 6.07) is 6.49. The van der Waals surface area contributed by atoms with Gasteiger partial charge in [0.1, 0.15) is 17.3 Å². The molecule has 1 fully saturated rings. The highest BCUT2D eigenvalue weighted by Gasteiger charge is 2.24. The van der Waals surface area contributed by atoms with Crippen molar-refractivity contribution in [3.63, 3.8) is 0 Å². The van der Waals surface area contributed by atoms with Crippen LogP contribution in [0, 0.1) is 0 Å². The van der Waals surface area contributed by atoms with E-state index in [1.807, 2.05) is 62.7 Å². The van der Waals surface area contributed by atoms with E-state index in [1.165, 1.54) is 0 Å². The number of nitrogens with one attached hydrogen (secondary N) is 1. The van der Waals surface area contributed by atoms with E-state index in [0.29, 0.717) is 6.04 Å². The Kier molecular flexibility index (Phi) is 6.68. The van der Waals surface area contributed by atoms with Gasteiger partial charge in [0.05, 0.1) is 23.5 Å². The summed E-state index contributed by atoms with van der Waals surface area (Å²) >= 11 is 0. The van der Waals surface area contributed by atoms with Crippen LogP contribution in [-0.2, 0) is 20.1 Å². The number of rotatable bonds is 8. The molecule has 0 unspecified atom stereocenters. The summed E-state index contributed by atoms with van der Waals surface area (Å²) in [5.41, 5.74) is 4.02. The topological polar surface area (TPSA) is 85.9 Å². The molecule has 184 valence electrons. The summed E-state index contributed by atoms with van der Waals surface area (Å²) in [5, 5.41) is 13.8. The molecule has 0 aliphatic heterocycles. The van der Waals surface area contributed by atoms with Crippen LogP contribution >= 0.6 is 0 Å². The summed E-state index contributed by atoms with van der Waals surface area (Å²) in [7, 11) is 6.02. The molecule has 4 aromatic rings. The quantitative estimate of drug-likeness (QED) is 0.411. The predicted molar refractivity (Wildman–Crippen MR) is 137 cm³/mol. The van der Waals surface area contributed by atoms with Gasteiger partial charge in [-0.3, -0.25) is 14.3 Å². The Balaban J connectivity index is 1.24. The molecule has 1 aliphatic rings. The Morgan fingerprint density at radius 3 is 2.69 bits per heavy atom. The lowest BCUT2D eigenvalue weighted by Gasteiger charge is -2.30. The molecule has 4 heterocycles. The van der Waals surface area contributed by atoms with Crippen LogP contribution in [0.4, 0.5) is 5.82 Å². The fraction of sp³-hybridized carbons (Fsp3) is 0.462. The van der Waals surface area contributed by atoms with Crippen molar-refractivity contribution < 1.29 is 4.74 Å². The molecular formula is C26H34N8O. The van der Waals surface area contributed by atoms with Crippen molar-refractivity contribution in [1.82, 2.24) is 34.4 Å². The zero-order valence-electron chi connectivity index (χ0n) is 21.0. The minimum Gasteiger partial charge on any atom is -0.488 e. The van der Waals surface area contributed by atoms with Gasteiger partial charge < -0.3 is 15.0 Å². The number of anilines is 1. The summed E-state index contributed by atoms with van der Waals surface area (Å²) in [6.45, 7) is 3.69. The van der Waals surface area contributed by atoms with Crippen LogP contribution in [0.1, 0.15) is 38.3 Å². The van der Waals surface area contributed by atoms with Crippen molar-refractivity contribution in [2.24, 2.45) is 7.05 Å². The normalized spacial score (nSPS) is 18.3. The van der Waals surface area contributed by atoms with Crippen LogP contribution in [-0.4, -0.2) is 60.7 Å². The van der Waals surface area contributed by atoms with Crippen LogP contribution in [0.15, 0.2) is 43.0 Å². The van der Waals surface area contributed by atoms with Crippen molar-refractivity contribution >= 4 is 16.7 Å². The molecule has 0 spiro atoms. The lowest BCUT2D eigenvalue weighted by Crippen LogP contribution is -2.31. The van der Waals surface area contributed by atoms with Crippen LogP contribution < -0.4 is 10.1 Å². The van der Waals surface area contributed by atoms with Gasteiger partial charge in [-0.25, -0.2) is 4.98 Å². The van der Waals surface area contributed by atoms with Crippen molar-refractivity contribution in [3.05, 3.63) is 48.7 Å². The molecule has 0 amide bonds. The maximum absolute atomic E-state index is 6.37. The maximum atomic E-state index is 6.37. The molecule has 0 bridgehead atoms. The molecule has 35 heavy (non-hydrogen) atoms. The number of aryl methyl sites for hydroxylation is 2. The van der Waals surface area contributed by atoms with Gasteiger partial charge in [0.2, 0.25) is 0 Å². The maximum Gasteiger partial charge on any atom is 0.142 e. The van der Waals surface area contributed by atoms with E-state index in [0.717, 1.165) is 78.2 Å². The van der Waals surface area contributed by atoms with Gasteiger partial charge in [-0.15, -0.1) is 0 Å². The zero-order valence-corrected chi connectivity index (χ0v) is 21.0. The Bertz CT molecular complexity index is 1290. The molecule has 5 rings (SSSR count). The Labute approximate surface area is 206 Å². The first kappa shape index (κ1) is 23.3. The Hall–Kier alpha value is -3.46. The van der Waals surface area contributed by atoms with E-state index in [4.69, 9.17) is 14.8 Å². The standard InChI is InChI=1S/C26H34N8O/c1-5-34-23-13-25(28-15-21(23)26(31-34)18-14-29-33(4)16-18)30-19-8-10-20(11-9-19)35-24-7-6-12-27-22(24)17-32(2)3/h6-7,12-16,19-20H,5,8-11,17H2,1-4H3,(H,28,30). The molecule has 0 aromatic carbocycles. The third-order valence-corrected chi connectivity index (χ3v) is 6.55. The molecule has 9 nitrogen and oxygen atoms in total. The number of ether oxygens (including phenoxy) is 1. The monoisotopic (exact) mass is 474 g/mol. The fourth-order valence-corrected chi connectivity index (χ4v) is 4.81. The third-order valence-electron chi connectivity index (χ3n) is 6.55. The highest BCUT2D eigenvalue weighted by atomic mass is 16.5. The molecule has 9 heteroatoms. The minimum atomic E-state index is 0.220. The van der Waals surface area contributed by atoms with Gasteiger partial charge in [0.25, 0.3) is 0 Å². The van der Waals surface area contributed by atoms with Gasteiger partial charge in [-0.1, -0.05) is 0 Å². The van der Waals surface area contributed by atoms with Crippen LogP contribution in [0.5, 0.6) is 5.75 Å². The number of pyridine rings is 2. The van der Waals surface area contributed by atoms with Crippen LogP contribution in [0.2, 0.25) is 0 Å². The molecule has 4 aromatic heterocycles. The Morgan fingerprint density at radius 2 is 1.97 bits per heavy atom. The van der Waals surface area contributed by atoms with Gasteiger partial charge in [0, 0.05) is 61.8 Å². The molecule has 1 N–H and O–H groups in total. The highest BCUT2D eigenvalue weighted by molar-refractivity contribution is 5.93. The molecule has 1 aliphatic carbocycles. The second-order valence-corrected chi connectivity index (χ2v) is 9.58. The van der Waals surface area contributed by atoms with Crippen molar-refractivity contribution in [2.75, 3.05) is 19.4 Å². The van der Waals surface area contributed by atoms with Gasteiger partial charge >= 0.3 is 0 Å². The van der Waals surface area contributed by atoms with E-state index in [-0.39, 0.29) is 6.10 Å². The van der Waals surface area contributed by atoms with E-state index in [9.17, 15) is 0 Å². The number of aromatic nitrogens is 6. The van der Waals surface area contributed by atoms with Crippen molar-refractivity contribution in [2.45, 2.75) is 57.8 Å². The average Bonchev–Trinajstić information content (AvgIpc) is 3.44. The van der Waals surface area contributed by atoms with E-state index < -0.39 is 0 Å². The first-order valence-electron chi connectivity index (χ1n) is 12.4. The minimum absolute atomic E-state index is 0.220. The lowest BCUT2D eigenvalue weighted by molar-refractivity contribution is 0.146. The van der Waals surface area contributed by atoms with Crippen LogP contribution in [0.25, 0.3) is 22.2 Å². The number of nitrogens with zero attached hydrogens (tertiary/aromatic N) is 7. The first-order chi connectivity index (χ1) is 17.0. The lowest BCUT2D eigenvalue weighted by atomic mass is 9.93. The number of hydrogen-bond donors (Lipinski definition) is 1. The fourth-order valence-electron chi connectivity index (χ4n) is 4.81. The zero-order chi connectivity index (χ0) is 24.4. The number of fused-ring (bicyclic) bond motifs is 1. The largest absolute Gasteiger partial charge is 0.488 e. The van der Waals surface area contributed by atoms with Gasteiger partial charge in [-0.2, -0.15) is 10.2 Å². The first-order valence-corrected chi connectivity index (χ1v) is 12.4. The number of hydrogen-bond acceptors (Lipinski definition) is 7. The molecule has 0 saturated heterocycles. The average molecular weight is 475 g/mol. The second-order valence-electron chi connectivity index (χ2n) is 9.58. The van der Waals surface area contributed by atoms with E-state index in [2.05, 4.69) is 33.3 Å². The summed E-state index contributed by atoms with van der Waals surface area (Å²) in [6.07, 6.45) is 11.9. The van der Waals surface area contributed by atoms with E-state index >= 15 is 0 Å². The van der Waals surface area contributed by atoms with Gasteiger partial charge in [-0.05, 0) is 58.8 Å². The molecular weight excluding hydrogens is 440 g/mol. The SMILES string of the molecule is CCn1nc(-c2cnn(C)c2)c2cnc(NC3CCC(Oc4cccnc4CN(C)C)CC3)cc21. The molecule has 1 saturated carbocycles.